The predicted octanol–water partition coefficient (Wildman–Crippen LogP) is 4.97. The highest BCUT2D eigenvalue weighted by molar-refractivity contribution is 7.85. The normalized spacial score (nSPS) is 15.6. The summed E-state index contributed by atoms with van der Waals surface area (Å²) in [6.07, 6.45) is 6.12. The van der Waals surface area contributed by atoms with E-state index in [9.17, 15) is 13.4 Å². The summed E-state index contributed by atoms with van der Waals surface area (Å²) < 4.78 is 38.8. The molecule has 1 heterocycles. The molecule has 0 spiro atoms. The van der Waals surface area contributed by atoms with Crippen molar-refractivity contribution in [3.05, 3.63) is 65.6 Å². The lowest BCUT2D eigenvalue weighted by Gasteiger charge is -2.25. The average molecular weight is 588 g/mol. The Balaban J connectivity index is 1.76. The zero-order chi connectivity index (χ0) is 29.5. The third-order valence-electron chi connectivity index (χ3n) is 7.07. The molecular weight excluding hydrogens is 541 g/mol. The van der Waals surface area contributed by atoms with Crippen molar-refractivity contribution in [1.29, 1.82) is 0 Å². The number of anilines is 1. The average Bonchev–Trinajstić information content (AvgIpc) is 2.95. The minimum atomic E-state index is -1.05. The monoisotopic (exact) mass is 587 g/mol. The third-order valence-corrected chi connectivity index (χ3v) is 8.45. The van der Waals surface area contributed by atoms with E-state index in [0.29, 0.717) is 48.1 Å². The molecule has 1 aliphatic heterocycles. The number of methoxy groups -OCH3 is 1. The van der Waals surface area contributed by atoms with Crippen LogP contribution in [0, 0.1) is 5.82 Å². The molecule has 7 nitrogen and oxygen atoms in total. The number of hydrogen-bond acceptors (Lipinski definition) is 7. The minimum absolute atomic E-state index is 0.0807. The smallest absolute Gasteiger partial charge is 0.157 e. The SMILES string of the molecule is CCCOc1ccc(F)cc1N(/C=C(/Cc1ccc(OC)cc1)C(C)=O)CCS(=O)CCCN1CCCNCCC1. The van der Waals surface area contributed by atoms with Gasteiger partial charge in [-0.05, 0) is 95.2 Å². The zero-order valence-electron chi connectivity index (χ0n) is 24.8. The minimum Gasteiger partial charge on any atom is -0.497 e. The molecule has 0 aliphatic carbocycles. The molecule has 41 heavy (non-hydrogen) atoms. The van der Waals surface area contributed by atoms with E-state index < -0.39 is 16.6 Å². The van der Waals surface area contributed by atoms with Gasteiger partial charge in [-0.3, -0.25) is 9.00 Å². The van der Waals surface area contributed by atoms with Crippen molar-refractivity contribution in [2.45, 2.75) is 46.0 Å². The van der Waals surface area contributed by atoms with E-state index in [1.165, 1.54) is 19.1 Å². The Labute approximate surface area is 247 Å². The highest BCUT2D eigenvalue weighted by atomic mass is 32.2. The number of hydrogen-bond donors (Lipinski definition) is 1. The van der Waals surface area contributed by atoms with Crippen LogP contribution in [0.4, 0.5) is 10.1 Å². The van der Waals surface area contributed by atoms with Gasteiger partial charge in [0.15, 0.2) is 5.78 Å². The first-order valence-corrected chi connectivity index (χ1v) is 16.2. The molecule has 3 rings (SSSR count). The van der Waals surface area contributed by atoms with Gasteiger partial charge in [0, 0.05) is 53.1 Å². The maximum atomic E-state index is 14.5. The maximum absolute atomic E-state index is 14.5. The molecule has 226 valence electrons. The number of nitrogens with zero attached hydrogens (tertiary/aromatic N) is 2. The maximum Gasteiger partial charge on any atom is 0.157 e. The van der Waals surface area contributed by atoms with Crippen LogP contribution < -0.4 is 19.7 Å². The molecule has 1 atom stereocenters. The number of allylic oxidation sites excluding steroid dienone is 1. The van der Waals surface area contributed by atoms with Gasteiger partial charge in [0.25, 0.3) is 0 Å². The van der Waals surface area contributed by atoms with Crippen molar-refractivity contribution in [2.75, 3.05) is 69.4 Å². The van der Waals surface area contributed by atoms with Gasteiger partial charge in [-0.25, -0.2) is 4.39 Å². The summed E-state index contributed by atoms with van der Waals surface area (Å²) in [7, 11) is 0.559. The fourth-order valence-electron chi connectivity index (χ4n) is 4.78. The van der Waals surface area contributed by atoms with Crippen LogP contribution in [-0.2, 0) is 22.0 Å². The molecule has 0 radical (unpaired) electrons. The standard InChI is InChI=1S/C32H46FN3O4S/c1-4-20-40-32-13-10-29(33)24-31(32)36(25-28(26(2)37)23-27-8-11-30(39-3)12-9-27)19-22-41(38)21-7-18-35-16-5-14-34-15-6-17-35/h8-13,24-25,34H,4-7,14-23H2,1-3H3/b28-25-. The van der Waals surface area contributed by atoms with Crippen LogP contribution in [0.5, 0.6) is 11.5 Å². The summed E-state index contributed by atoms with van der Waals surface area (Å²) >= 11 is 0. The molecule has 2 aromatic rings. The quantitative estimate of drug-likeness (QED) is 0.278. The molecule has 1 fully saturated rings. The zero-order valence-corrected chi connectivity index (χ0v) is 25.6. The molecule has 2 aromatic carbocycles. The van der Waals surface area contributed by atoms with Crippen LogP contribution in [0.1, 0.15) is 45.1 Å². The number of carbonyl (C=O) groups excluding carboxylic acids is 1. The number of halogens is 1. The van der Waals surface area contributed by atoms with Crippen molar-refractivity contribution < 1.29 is 22.9 Å². The van der Waals surface area contributed by atoms with Gasteiger partial charge in [-0.15, -0.1) is 0 Å². The molecule has 0 amide bonds. The van der Waals surface area contributed by atoms with E-state index in [4.69, 9.17) is 9.47 Å². The Morgan fingerprint density at radius 3 is 2.51 bits per heavy atom. The Morgan fingerprint density at radius 1 is 1.12 bits per heavy atom. The van der Waals surface area contributed by atoms with Gasteiger partial charge in [0.2, 0.25) is 0 Å². The fraction of sp³-hybridized carbons (Fsp3) is 0.531. The lowest BCUT2D eigenvalue weighted by Crippen LogP contribution is -2.35. The highest BCUT2D eigenvalue weighted by Crippen LogP contribution is 2.31. The van der Waals surface area contributed by atoms with Crippen LogP contribution in [-0.4, -0.2) is 79.4 Å². The van der Waals surface area contributed by atoms with Gasteiger partial charge in [-0.1, -0.05) is 19.1 Å². The summed E-state index contributed by atoms with van der Waals surface area (Å²) in [5.41, 5.74) is 2.05. The molecular formula is C32H46FN3O4S. The van der Waals surface area contributed by atoms with Crippen molar-refractivity contribution in [2.24, 2.45) is 0 Å². The Hall–Kier alpha value is -2.75. The number of Topliss-reactive ketones (excluding diaryl/α,β-unsaturated/α-hetero) is 1. The number of ketones is 1. The lowest BCUT2D eigenvalue weighted by molar-refractivity contribution is -0.113. The molecule has 0 aromatic heterocycles. The van der Waals surface area contributed by atoms with Crippen molar-refractivity contribution >= 4 is 22.3 Å². The molecule has 1 saturated heterocycles. The summed E-state index contributed by atoms with van der Waals surface area (Å²) in [6, 6.07) is 12.0. The number of nitrogens with one attached hydrogen (secondary N) is 1. The van der Waals surface area contributed by atoms with E-state index in [1.54, 1.807) is 19.4 Å². The van der Waals surface area contributed by atoms with Crippen molar-refractivity contribution in [3.63, 3.8) is 0 Å². The molecule has 1 N–H and O–H groups in total. The van der Waals surface area contributed by atoms with Crippen molar-refractivity contribution in [3.8, 4) is 11.5 Å². The van der Waals surface area contributed by atoms with Crippen LogP contribution in [0.3, 0.4) is 0 Å². The van der Waals surface area contributed by atoms with E-state index in [1.807, 2.05) is 36.1 Å². The number of rotatable bonds is 16. The molecule has 1 unspecified atom stereocenters. The summed E-state index contributed by atoms with van der Waals surface area (Å²) in [6.45, 7) is 9.59. The van der Waals surface area contributed by atoms with Gasteiger partial charge >= 0.3 is 0 Å². The highest BCUT2D eigenvalue weighted by Gasteiger charge is 2.17. The molecule has 0 bridgehead atoms. The first-order valence-electron chi connectivity index (χ1n) is 14.7. The first-order chi connectivity index (χ1) is 19.9. The summed E-state index contributed by atoms with van der Waals surface area (Å²) in [5.74, 6) is 1.81. The van der Waals surface area contributed by atoms with Crippen LogP contribution >= 0.6 is 0 Å². The van der Waals surface area contributed by atoms with Crippen LogP contribution in [0.2, 0.25) is 0 Å². The largest absolute Gasteiger partial charge is 0.497 e. The van der Waals surface area contributed by atoms with E-state index in [2.05, 4.69) is 10.2 Å². The third kappa shape index (κ3) is 11.6. The van der Waals surface area contributed by atoms with Gasteiger partial charge < -0.3 is 24.6 Å². The lowest BCUT2D eigenvalue weighted by atomic mass is 10.0. The van der Waals surface area contributed by atoms with Crippen LogP contribution in [0.15, 0.2) is 54.2 Å². The summed E-state index contributed by atoms with van der Waals surface area (Å²) in [4.78, 5) is 17.0. The molecule has 0 saturated carbocycles. The van der Waals surface area contributed by atoms with Gasteiger partial charge in [0.05, 0.1) is 19.4 Å². The number of carbonyl (C=O) groups is 1. The first kappa shape index (κ1) is 32.8. The molecule has 9 heteroatoms. The summed E-state index contributed by atoms with van der Waals surface area (Å²) in [5, 5.41) is 3.44. The second kappa shape index (κ2) is 17.9. The number of benzene rings is 2. The van der Waals surface area contributed by atoms with E-state index in [0.717, 1.165) is 69.7 Å². The Morgan fingerprint density at radius 2 is 1.85 bits per heavy atom. The second-order valence-corrected chi connectivity index (χ2v) is 12.1. The van der Waals surface area contributed by atoms with Gasteiger partial charge in [0.1, 0.15) is 17.3 Å². The van der Waals surface area contributed by atoms with Gasteiger partial charge in [-0.2, -0.15) is 0 Å². The second-order valence-electron chi connectivity index (χ2n) is 10.4. The van der Waals surface area contributed by atoms with E-state index >= 15 is 0 Å². The number of ether oxygens (including phenoxy) is 2. The fourth-order valence-corrected chi connectivity index (χ4v) is 5.84. The van der Waals surface area contributed by atoms with Crippen LogP contribution in [0.25, 0.3) is 0 Å². The Kier molecular flexibility index (Phi) is 14.3. The predicted molar refractivity (Wildman–Crippen MR) is 166 cm³/mol. The molecule has 1 aliphatic rings. The van der Waals surface area contributed by atoms with E-state index in [-0.39, 0.29) is 5.78 Å². The Bertz CT molecular complexity index is 1130. The van der Waals surface area contributed by atoms with Crippen molar-refractivity contribution in [1.82, 2.24) is 10.2 Å². The topological polar surface area (TPSA) is 71.1 Å².